The lowest BCUT2D eigenvalue weighted by Gasteiger charge is -2.26. The van der Waals surface area contributed by atoms with Crippen molar-refractivity contribution < 1.29 is 9.53 Å². The van der Waals surface area contributed by atoms with E-state index in [0.29, 0.717) is 13.2 Å². The number of halogens is 1. The van der Waals surface area contributed by atoms with Crippen molar-refractivity contribution in [1.29, 1.82) is 0 Å². The van der Waals surface area contributed by atoms with E-state index in [1.54, 1.807) is 0 Å². The minimum Gasteiger partial charge on any atom is -0.381 e. The molecule has 0 aromatic rings. The molecule has 3 heteroatoms. The average Bonchev–Trinajstić information content (AvgIpc) is 1.84. The maximum atomic E-state index is 11.0. The molecule has 0 bridgehead atoms. The van der Waals surface area contributed by atoms with Crippen LogP contribution in [-0.4, -0.2) is 18.5 Å². The van der Waals surface area contributed by atoms with E-state index >= 15 is 0 Å². The maximum Gasteiger partial charge on any atom is 0.227 e. The smallest absolute Gasteiger partial charge is 0.227 e. The predicted octanol–water partition coefficient (Wildman–Crippen LogP) is 2.45. The van der Waals surface area contributed by atoms with Gasteiger partial charge in [0.1, 0.15) is 0 Å². The van der Waals surface area contributed by atoms with Crippen LogP contribution in [0.2, 0.25) is 0 Å². The summed E-state index contributed by atoms with van der Waals surface area (Å²) in [6.07, 6.45) is 0. The molecule has 0 aliphatic carbocycles. The van der Waals surface area contributed by atoms with E-state index in [9.17, 15) is 4.79 Å². The Morgan fingerprint density at radius 1 is 1.50 bits per heavy atom. The molecular weight excluding hydrogens is 176 g/mol. The summed E-state index contributed by atoms with van der Waals surface area (Å²) in [5.41, 5.74) is -0.117. The summed E-state index contributed by atoms with van der Waals surface area (Å²) in [6, 6.07) is 0. The largest absolute Gasteiger partial charge is 0.381 e. The van der Waals surface area contributed by atoms with Gasteiger partial charge in [0.05, 0.1) is 12.5 Å². The first kappa shape index (κ1) is 11.9. The SMILES string of the molecule is CCOCC(C(=O)Cl)C(C)(C)C. The fraction of sp³-hybridized carbons (Fsp3) is 0.889. The van der Waals surface area contributed by atoms with E-state index in [1.165, 1.54) is 0 Å². The summed E-state index contributed by atoms with van der Waals surface area (Å²) in [5.74, 6) is -0.209. The van der Waals surface area contributed by atoms with Crippen LogP contribution in [-0.2, 0) is 9.53 Å². The summed E-state index contributed by atoms with van der Waals surface area (Å²) >= 11 is 5.45. The molecule has 0 aliphatic heterocycles. The van der Waals surface area contributed by atoms with Crippen molar-refractivity contribution >= 4 is 16.8 Å². The molecule has 2 nitrogen and oxygen atoms in total. The van der Waals surface area contributed by atoms with Crippen LogP contribution in [0.4, 0.5) is 0 Å². The lowest BCUT2D eigenvalue weighted by molar-refractivity contribution is -0.120. The van der Waals surface area contributed by atoms with Crippen molar-refractivity contribution in [3.8, 4) is 0 Å². The maximum absolute atomic E-state index is 11.0. The molecule has 0 radical (unpaired) electrons. The molecule has 12 heavy (non-hydrogen) atoms. The fourth-order valence-electron chi connectivity index (χ4n) is 0.892. The second-order valence-electron chi connectivity index (χ2n) is 3.88. The number of rotatable bonds is 4. The van der Waals surface area contributed by atoms with Gasteiger partial charge in [-0.1, -0.05) is 20.8 Å². The Labute approximate surface area is 79.2 Å². The quantitative estimate of drug-likeness (QED) is 0.640. The molecule has 0 spiro atoms. The Morgan fingerprint density at radius 2 is 2.00 bits per heavy atom. The number of ether oxygens (including phenoxy) is 1. The number of carbonyl (C=O) groups is 1. The van der Waals surface area contributed by atoms with Crippen molar-refractivity contribution in [2.75, 3.05) is 13.2 Å². The van der Waals surface area contributed by atoms with Gasteiger partial charge < -0.3 is 4.74 Å². The molecule has 0 aliphatic rings. The third kappa shape index (κ3) is 4.07. The van der Waals surface area contributed by atoms with Crippen LogP contribution in [0.5, 0.6) is 0 Å². The van der Waals surface area contributed by atoms with Gasteiger partial charge in [-0.15, -0.1) is 0 Å². The molecule has 0 N–H and O–H groups in total. The molecule has 0 saturated heterocycles. The Kier molecular flexibility index (Phi) is 4.80. The zero-order valence-corrected chi connectivity index (χ0v) is 8.94. The molecule has 0 amide bonds. The van der Waals surface area contributed by atoms with Gasteiger partial charge >= 0.3 is 0 Å². The Morgan fingerprint density at radius 3 is 2.25 bits per heavy atom. The summed E-state index contributed by atoms with van der Waals surface area (Å²) in [7, 11) is 0. The van der Waals surface area contributed by atoms with Crippen LogP contribution in [0.3, 0.4) is 0 Å². The van der Waals surface area contributed by atoms with Crippen molar-refractivity contribution in [2.45, 2.75) is 27.7 Å². The Bertz CT molecular complexity index is 149. The van der Waals surface area contributed by atoms with Gasteiger partial charge in [-0.2, -0.15) is 0 Å². The van der Waals surface area contributed by atoms with Gasteiger partial charge in [0, 0.05) is 6.61 Å². The summed E-state index contributed by atoms with van der Waals surface area (Å²) in [4.78, 5) is 11.0. The molecule has 0 aromatic carbocycles. The Balaban J connectivity index is 4.15. The van der Waals surface area contributed by atoms with E-state index in [4.69, 9.17) is 16.3 Å². The second kappa shape index (κ2) is 4.83. The van der Waals surface area contributed by atoms with Crippen molar-refractivity contribution in [3.05, 3.63) is 0 Å². The molecule has 0 aromatic heterocycles. The van der Waals surface area contributed by atoms with Gasteiger partial charge in [0.15, 0.2) is 0 Å². The highest BCUT2D eigenvalue weighted by Crippen LogP contribution is 2.27. The molecule has 0 heterocycles. The highest BCUT2D eigenvalue weighted by Gasteiger charge is 2.29. The number of hydrogen-bond acceptors (Lipinski definition) is 2. The first-order chi connectivity index (χ1) is 5.39. The van der Waals surface area contributed by atoms with Crippen LogP contribution >= 0.6 is 11.6 Å². The van der Waals surface area contributed by atoms with E-state index in [1.807, 2.05) is 27.7 Å². The summed E-state index contributed by atoms with van der Waals surface area (Å²) in [5, 5.41) is -0.309. The van der Waals surface area contributed by atoms with Crippen LogP contribution in [0, 0.1) is 11.3 Å². The van der Waals surface area contributed by atoms with Gasteiger partial charge in [-0.05, 0) is 23.9 Å². The average molecular weight is 193 g/mol. The van der Waals surface area contributed by atoms with Gasteiger partial charge in [0.25, 0.3) is 0 Å². The fourth-order valence-corrected chi connectivity index (χ4v) is 1.28. The van der Waals surface area contributed by atoms with Crippen molar-refractivity contribution in [1.82, 2.24) is 0 Å². The topological polar surface area (TPSA) is 26.3 Å². The van der Waals surface area contributed by atoms with Crippen LogP contribution in [0.25, 0.3) is 0 Å². The molecule has 72 valence electrons. The van der Waals surface area contributed by atoms with Crippen molar-refractivity contribution in [2.24, 2.45) is 11.3 Å². The van der Waals surface area contributed by atoms with Gasteiger partial charge in [-0.3, -0.25) is 4.79 Å². The minimum absolute atomic E-state index is 0.117. The van der Waals surface area contributed by atoms with E-state index in [0.717, 1.165) is 0 Å². The highest BCUT2D eigenvalue weighted by molar-refractivity contribution is 6.64. The zero-order chi connectivity index (χ0) is 9.78. The molecule has 0 fully saturated rings. The predicted molar refractivity (Wildman–Crippen MR) is 50.3 cm³/mol. The lowest BCUT2D eigenvalue weighted by atomic mass is 9.82. The monoisotopic (exact) mass is 192 g/mol. The standard InChI is InChI=1S/C9H17ClO2/c1-5-12-6-7(8(10)11)9(2,3)4/h7H,5-6H2,1-4H3. The van der Waals surface area contributed by atoms with Crippen LogP contribution in [0.15, 0.2) is 0 Å². The summed E-state index contributed by atoms with van der Waals surface area (Å²) in [6.45, 7) is 8.89. The first-order valence-electron chi connectivity index (χ1n) is 4.16. The zero-order valence-electron chi connectivity index (χ0n) is 8.19. The van der Waals surface area contributed by atoms with E-state index < -0.39 is 0 Å². The molecular formula is C9H17ClO2. The minimum atomic E-state index is -0.309. The number of hydrogen-bond donors (Lipinski definition) is 0. The second-order valence-corrected chi connectivity index (χ2v) is 4.25. The van der Waals surface area contributed by atoms with Crippen LogP contribution in [0.1, 0.15) is 27.7 Å². The third-order valence-corrected chi connectivity index (χ3v) is 2.07. The highest BCUT2D eigenvalue weighted by atomic mass is 35.5. The molecule has 0 rings (SSSR count). The van der Waals surface area contributed by atoms with Crippen molar-refractivity contribution in [3.63, 3.8) is 0 Å². The molecule has 0 saturated carbocycles. The van der Waals surface area contributed by atoms with Gasteiger partial charge in [-0.25, -0.2) is 0 Å². The normalized spacial score (nSPS) is 14.4. The Hall–Kier alpha value is -0.0800. The number of carbonyl (C=O) groups excluding carboxylic acids is 1. The summed E-state index contributed by atoms with van der Waals surface area (Å²) < 4.78 is 5.18. The molecule has 1 atom stereocenters. The third-order valence-electron chi connectivity index (χ3n) is 1.81. The van der Waals surface area contributed by atoms with E-state index in [2.05, 4.69) is 0 Å². The van der Waals surface area contributed by atoms with Crippen LogP contribution < -0.4 is 0 Å². The lowest BCUT2D eigenvalue weighted by Crippen LogP contribution is -2.30. The van der Waals surface area contributed by atoms with E-state index in [-0.39, 0.29) is 16.6 Å². The molecule has 1 unspecified atom stereocenters. The van der Waals surface area contributed by atoms with Gasteiger partial charge in [0.2, 0.25) is 5.24 Å². The first-order valence-corrected chi connectivity index (χ1v) is 4.54.